The van der Waals surface area contributed by atoms with Crippen LogP contribution in [-0.4, -0.2) is 49.4 Å². The minimum absolute atomic E-state index is 0.0139. The van der Waals surface area contributed by atoms with Crippen molar-refractivity contribution in [2.45, 2.75) is 0 Å². The molecule has 3 rings (SSSR count). The predicted octanol–water partition coefficient (Wildman–Crippen LogP) is 3.44. The van der Waals surface area contributed by atoms with Gasteiger partial charge in [0.2, 0.25) is 17.3 Å². The van der Waals surface area contributed by atoms with E-state index in [1.54, 1.807) is 10.6 Å². The van der Waals surface area contributed by atoms with Crippen LogP contribution < -0.4 is 16.1 Å². The molecule has 0 aliphatic rings. The van der Waals surface area contributed by atoms with Crippen molar-refractivity contribution in [3.63, 3.8) is 0 Å². The van der Waals surface area contributed by atoms with E-state index in [1.807, 2.05) is 0 Å². The second-order valence-electron chi connectivity index (χ2n) is 8.27. The van der Waals surface area contributed by atoms with Crippen LogP contribution in [0.2, 0.25) is 0 Å². The first kappa shape index (κ1) is 34.1. The third kappa shape index (κ3) is 6.56. The first-order valence-electron chi connectivity index (χ1n) is 11.3. The van der Waals surface area contributed by atoms with Crippen LogP contribution in [0.1, 0.15) is 0 Å². The van der Waals surface area contributed by atoms with E-state index >= 15 is 0 Å². The molecule has 31 heteroatoms. The maximum absolute atomic E-state index is 11.9. The molecule has 0 fully saturated rings. The fourth-order valence-corrected chi connectivity index (χ4v) is 3.75. The number of anilines is 5. The van der Waals surface area contributed by atoms with Gasteiger partial charge in [0.25, 0.3) is 11.4 Å². The SMILES string of the molecule is O=[N+]([O-])Nc1c([N+](=O)[O-])cc([N+](=O)[O-])c(Nc2nc(Nc3c([N+](=O)[O-])cc([N+](=O)[O-])cc3[N+](=O)[O-])c([N+](=O)[O-])cc2[N+](=O)[O-])c1[N+](=O)[O-]. The normalized spacial score (nSPS) is 10.3. The lowest BCUT2D eigenvalue weighted by atomic mass is 10.1. The van der Waals surface area contributed by atoms with Crippen LogP contribution in [0.4, 0.5) is 74.2 Å². The van der Waals surface area contributed by atoms with Gasteiger partial charge in [0.1, 0.15) is 6.07 Å². The molecule has 0 atom stereocenters. The quantitative estimate of drug-likeness (QED) is 0.162. The lowest BCUT2D eigenvalue weighted by Gasteiger charge is -2.12. The number of pyridine rings is 1. The van der Waals surface area contributed by atoms with E-state index in [1.165, 1.54) is 0 Å². The van der Waals surface area contributed by atoms with E-state index in [2.05, 4.69) is 4.98 Å². The molecule has 3 N–H and O–H groups in total. The van der Waals surface area contributed by atoms with Crippen molar-refractivity contribution in [3.05, 3.63) is 115 Å². The van der Waals surface area contributed by atoms with Crippen LogP contribution >= 0.6 is 0 Å². The van der Waals surface area contributed by atoms with Crippen molar-refractivity contribution < 1.29 is 44.4 Å². The Kier molecular flexibility index (Phi) is 9.00. The number of nitrogens with one attached hydrogen (secondary N) is 3. The molecule has 0 aliphatic heterocycles. The molecule has 31 nitrogen and oxygen atoms in total. The number of rotatable bonds is 14. The van der Waals surface area contributed by atoms with Crippen molar-refractivity contribution in [2.24, 2.45) is 0 Å². The first-order chi connectivity index (χ1) is 22.3. The van der Waals surface area contributed by atoms with Gasteiger partial charge < -0.3 is 10.6 Å². The third-order valence-corrected chi connectivity index (χ3v) is 5.59. The smallest absolute Gasteiger partial charge is 0.323 e. The number of nitro benzene ring substituents is 6. The van der Waals surface area contributed by atoms with Crippen molar-refractivity contribution in [3.8, 4) is 0 Å². The minimum atomic E-state index is -1.85. The zero-order valence-electron chi connectivity index (χ0n) is 22.1. The van der Waals surface area contributed by atoms with E-state index < -0.39 is 119 Å². The van der Waals surface area contributed by atoms with Gasteiger partial charge in [-0.2, -0.15) is 4.98 Å². The third-order valence-electron chi connectivity index (χ3n) is 5.59. The summed E-state index contributed by atoms with van der Waals surface area (Å²) in [7, 11) is 0. The number of non-ortho nitro benzene ring substituents is 1. The summed E-state index contributed by atoms with van der Waals surface area (Å²) in [5.41, 5.74) is -15.6. The molecule has 2 aromatic carbocycles. The van der Waals surface area contributed by atoms with Gasteiger partial charge in [-0.1, -0.05) is 5.43 Å². The van der Waals surface area contributed by atoms with E-state index in [0.717, 1.165) is 5.43 Å². The highest BCUT2D eigenvalue weighted by atomic mass is 16.7. The number of hydrazine groups is 1. The lowest BCUT2D eigenvalue weighted by molar-refractivity contribution is -0.449. The number of nitrogens with zero attached hydrogens (tertiary/aromatic N) is 10. The summed E-state index contributed by atoms with van der Waals surface area (Å²) in [4.78, 5) is 96.1. The largest absolute Gasteiger partial charge is 0.335 e. The van der Waals surface area contributed by atoms with Gasteiger partial charge in [-0.3, -0.25) is 80.9 Å². The molecule has 248 valence electrons. The van der Waals surface area contributed by atoms with Gasteiger partial charge in [0.05, 0.1) is 57.6 Å². The zero-order valence-corrected chi connectivity index (χ0v) is 22.1. The van der Waals surface area contributed by atoms with Crippen LogP contribution in [0.15, 0.2) is 24.3 Å². The summed E-state index contributed by atoms with van der Waals surface area (Å²) in [5.74, 6) is -2.84. The lowest BCUT2D eigenvalue weighted by Crippen LogP contribution is -2.14. The molecule has 1 aromatic heterocycles. The van der Waals surface area contributed by atoms with Crippen LogP contribution in [0.25, 0.3) is 0 Å². The molecular weight excluding hydrogens is 674 g/mol. The van der Waals surface area contributed by atoms with E-state index in [0.29, 0.717) is 0 Å². The number of nitro groups is 9. The predicted molar refractivity (Wildman–Crippen MR) is 148 cm³/mol. The van der Waals surface area contributed by atoms with E-state index in [4.69, 9.17) is 0 Å². The molecule has 0 saturated carbocycles. The first-order valence-corrected chi connectivity index (χ1v) is 11.3. The molecule has 48 heavy (non-hydrogen) atoms. The van der Waals surface area contributed by atoms with E-state index in [-0.39, 0.29) is 24.3 Å². The summed E-state index contributed by atoms with van der Waals surface area (Å²) < 4.78 is 0. The van der Waals surface area contributed by atoms with Gasteiger partial charge in [0, 0.05) is 0 Å². The fourth-order valence-electron chi connectivity index (χ4n) is 3.75. The van der Waals surface area contributed by atoms with Crippen molar-refractivity contribution in [1.29, 1.82) is 0 Å². The summed E-state index contributed by atoms with van der Waals surface area (Å²) in [5, 5.41) is 106. The van der Waals surface area contributed by atoms with Crippen LogP contribution in [-0.2, 0) is 0 Å². The average Bonchev–Trinajstić information content (AvgIpc) is 2.95. The molecule has 1 heterocycles. The van der Waals surface area contributed by atoms with E-state index in [9.17, 15) is 91.0 Å². The molecule has 0 spiro atoms. The highest BCUT2D eigenvalue weighted by Gasteiger charge is 2.41. The van der Waals surface area contributed by atoms with Gasteiger partial charge in [-0.25, -0.2) is 10.1 Å². The molecule has 0 unspecified atom stereocenters. The van der Waals surface area contributed by atoms with Crippen LogP contribution in [0.3, 0.4) is 0 Å². The average molecular weight is 681 g/mol. The maximum Gasteiger partial charge on any atom is 0.335 e. The molecule has 0 amide bonds. The summed E-state index contributed by atoms with van der Waals surface area (Å²) >= 11 is 0. The number of benzene rings is 2. The van der Waals surface area contributed by atoms with Gasteiger partial charge in [-0.15, -0.1) is 0 Å². The number of hydrogen-bond donors (Lipinski definition) is 3. The van der Waals surface area contributed by atoms with Crippen LogP contribution in [0.5, 0.6) is 0 Å². The highest BCUT2D eigenvalue weighted by Crippen LogP contribution is 2.49. The molecule has 3 aromatic rings. The Morgan fingerprint density at radius 1 is 0.417 bits per heavy atom. The maximum atomic E-state index is 11.9. The Morgan fingerprint density at radius 3 is 1.12 bits per heavy atom. The van der Waals surface area contributed by atoms with Crippen LogP contribution in [0, 0.1) is 91.0 Å². The van der Waals surface area contributed by atoms with Crippen molar-refractivity contribution in [1.82, 2.24) is 4.98 Å². The number of aromatic nitrogens is 1. The molecular formula is C17H7N13O18. The zero-order chi connectivity index (χ0) is 36.4. The molecule has 0 aliphatic carbocycles. The Balaban J connectivity index is 2.47. The summed E-state index contributed by atoms with van der Waals surface area (Å²) in [6, 6.07) is 0.333. The van der Waals surface area contributed by atoms with Crippen molar-refractivity contribution in [2.75, 3.05) is 16.1 Å². The second-order valence-corrected chi connectivity index (χ2v) is 8.27. The Morgan fingerprint density at radius 2 is 0.771 bits per heavy atom. The Bertz CT molecular complexity index is 2000. The van der Waals surface area contributed by atoms with Gasteiger partial charge in [-0.05, 0) is 0 Å². The monoisotopic (exact) mass is 681 g/mol. The second kappa shape index (κ2) is 12.7. The van der Waals surface area contributed by atoms with Crippen molar-refractivity contribution >= 4 is 74.2 Å². The molecule has 0 bridgehead atoms. The molecule has 0 saturated heterocycles. The summed E-state index contributed by atoms with van der Waals surface area (Å²) in [6.45, 7) is 0. The standard InChI is InChI=1S/C17H7N13O18/c31-22(32)5-1-6(23(33)34)12(7(2-5)24(35)36)18-16-10(27(41)42)4-11(28(43)44)17(20-16)19-13-8(25(37)38)3-9(26(39)40)14(21-30(47)48)15(13)29(45)46/h1-4,21H,(H2,18,19,20). The Hall–Kier alpha value is -8.41. The fraction of sp³-hybridized carbons (Fsp3) is 0. The Labute approximate surface area is 255 Å². The van der Waals surface area contributed by atoms with Gasteiger partial charge in [0.15, 0.2) is 10.7 Å². The summed E-state index contributed by atoms with van der Waals surface area (Å²) in [6.07, 6.45) is 0. The highest BCUT2D eigenvalue weighted by molar-refractivity contribution is 5.93. The minimum Gasteiger partial charge on any atom is -0.323 e. The number of hydrogen-bond acceptors (Lipinski definition) is 21. The topological polar surface area (TPSA) is 437 Å². The van der Waals surface area contributed by atoms with Gasteiger partial charge >= 0.3 is 39.8 Å². The molecule has 0 radical (unpaired) electrons.